The largest absolute Gasteiger partial charge is 0.466 e. The summed E-state index contributed by atoms with van der Waals surface area (Å²) in [7, 11) is 0. The number of ether oxygens (including phenoxy) is 2. The molecule has 4 nitrogen and oxygen atoms in total. The second-order valence-corrected chi connectivity index (χ2v) is 4.30. The van der Waals surface area contributed by atoms with Crippen LogP contribution in [0, 0.1) is 0 Å². The second-order valence-electron chi connectivity index (χ2n) is 3.87. The Morgan fingerprint density at radius 2 is 1.68 bits per heavy atom. The van der Waals surface area contributed by atoms with Crippen LogP contribution in [0.2, 0.25) is 5.02 Å². The van der Waals surface area contributed by atoms with Crippen LogP contribution in [0.4, 0.5) is 0 Å². The lowest BCUT2D eigenvalue weighted by molar-refractivity contribution is -0.151. The Bertz CT molecular complexity index is 428. The number of hydrogen-bond donors (Lipinski definition) is 0. The molecular formula is C14H17ClO4. The molecule has 0 aromatic heterocycles. The first-order chi connectivity index (χ1) is 9.08. The molecule has 1 atom stereocenters. The van der Waals surface area contributed by atoms with E-state index in [0.717, 1.165) is 0 Å². The van der Waals surface area contributed by atoms with E-state index in [2.05, 4.69) is 0 Å². The smallest absolute Gasteiger partial charge is 0.313 e. The zero-order valence-electron chi connectivity index (χ0n) is 11.0. The number of rotatable bonds is 6. The minimum absolute atomic E-state index is 0.0334. The topological polar surface area (TPSA) is 52.6 Å². The zero-order chi connectivity index (χ0) is 14.3. The van der Waals surface area contributed by atoms with E-state index in [1.54, 1.807) is 38.1 Å². The molecule has 0 radical (unpaired) electrons. The van der Waals surface area contributed by atoms with Crippen molar-refractivity contribution in [1.82, 2.24) is 0 Å². The highest BCUT2D eigenvalue weighted by Gasteiger charge is 2.25. The Labute approximate surface area is 117 Å². The summed E-state index contributed by atoms with van der Waals surface area (Å²) in [6.07, 6.45) is -0.0334. The molecule has 1 rings (SSSR count). The summed E-state index contributed by atoms with van der Waals surface area (Å²) in [5.74, 6) is -1.51. The summed E-state index contributed by atoms with van der Waals surface area (Å²) in [6.45, 7) is 4.00. The van der Waals surface area contributed by atoms with Gasteiger partial charge in [-0.3, -0.25) is 9.59 Å². The molecule has 104 valence electrons. The fourth-order valence-electron chi connectivity index (χ4n) is 1.66. The van der Waals surface area contributed by atoms with E-state index in [1.807, 2.05) is 0 Å². The van der Waals surface area contributed by atoms with Gasteiger partial charge >= 0.3 is 11.9 Å². The molecule has 0 aliphatic heterocycles. The van der Waals surface area contributed by atoms with Gasteiger partial charge in [-0.05, 0) is 31.5 Å². The molecule has 0 bridgehead atoms. The third kappa shape index (κ3) is 4.91. The van der Waals surface area contributed by atoms with E-state index in [0.29, 0.717) is 10.6 Å². The van der Waals surface area contributed by atoms with Crippen LogP contribution < -0.4 is 0 Å². The van der Waals surface area contributed by atoms with Crippen molar-refractivity contribution < 1.29 is 19.1 Å². The molecule has 5 heteroatoms. The minimum atomic E-state index is -0.656. The maximum atomic E-state index is 11.9. The van der Waals surface area contributed by atoms with Crippen LogP contribution in [-0.4, -0.2) is 25.2 Å². The van der Waals surface area contributed by atoms with Gasteiger partial charge in [-0.25, -0.2) is 0 Å². The third-order valence-electron chi connectivity index (χ3n) is 2.52. The van der Waals surface area contributed by atoms with Crippen LogP contribution in [0.1, 0.15) is 31.7 Å². The number of hydrogen-bond acceptors (Lipinski definition) is 4. The molecule has 1 aromatic rings. The summed E-state index contributed by atoms with van der Waals surface area (Å²) in [6, 6.07) is 6.77. The maximum Gasteiger partial charge on any atom is 0.313 e. The average Bonchev–Trinajstić information content (AvgIpc) is 2.38. The van der Waals surface area contributed by atoms with Gasteiger partial charge < -0.3 is 9.47 Å². The molecule has 1 aromatic carbocycles. The van der Waals surface area contributed by atoms with Crippen LogP contribution in [0.5, 0.6) is 0 Å². The number of esters is 2. The number of benzene rings is 1. The van der Waals surface area contributed by atoms with Gasteiger partial charge in [-0.1, -0.05) is 23.7 Å². The van der Waals surface area contributed by atoms with Crippen molar-refractivity contribution in [2.75, 3.05) is 13.2 Å². The molecule has 0 amide bonds. The molecule has 0 saturated heterocycles. The Morgan fingerprint density at radius 1 is 1.11 bits per heavy atom. The molecule has 0 fully saturated rings. The summed E-state index contributed by atoms with van der Waals surface area (Å²) in [4.78, 5) is 23.5. The number of halogens is 1. The van der Waals surface area contributed by atoms with Gasteiger partial charge in [-0.2, -0.15) is 0 Å². The van der Waals surface area contributed by atoms with E-state index in [1.165, 1.54) is 0 Å². The Balaban J connectivity index is 2.88. The molecule has 19 heavy (non-hydrogen) atoms. The van der Waals surface area contributed by atoms with E-state index in [9.17, 15) is 9.59 Å². The lowest BCUT2D eigenvalue weighted by Gasteiger charge is -2.15. The highest BCUT2D eigenvalue weighted by Crippen LogP contribution is 2.23. The lowest BCUT2D eigenvalue weighted by atomic mass is 9.96. The second kappa shape index (κ2) is 7.79. The summed E-state index contributed by atoms with van der Waals surface area (Å²) >= 11 is 5.80. The summed E-state index contributed by atoms with van der Waals surface area (Å²) in [5.41, 5.74) is 0.691. The average molecular weight is 285 g/mol. The fourth-order valence-corrected chi connectivity index (χ4v) is 1.79. The van der Waals surface area contributed by atoms with Crippen LogP contribution in [-0.2, 0) is 19.1 Å². The molecular weight excluding hydrogens is 268 g/mol. The van der Waals surface area contributed by atoms with Crippen LogP contribution in [0.15, 0.2) is 24.3 Å². The van der Waals surface area contributed by atoms with Gasteiger partial charge in [0.2, 0.25) is 0 Å². The van der Waals surface area contributed by atoms with E-state index < -0.39 is 17.9 Å². The highest BCUT2D eigenvalue weighted by atomic mass is 35.5. The molecule has 0 heterocycles. The van der Waals surface area contributed by atoms with E-state index in [-0.39, 0.29) is 19.6 Å². The van der Waals surface area contributed by atoms with Crippen LogP contribution >= 0.6 is 11.6 Å². The SMILES string of the molecule is CCOC(=O)C[C@@H](C(=O)OCC)c1ccc(Cl)cc1. The molecule has 0 unspecified atom stereocenters. The summed E-state index contributed by atoms with van der Waals surface area (Å²) in [5, 5.41) is 0.572. The molecule has 0 aliphatic carbocycles. The minimum Gasteiger partial charge on any atom is -0.466 e. The van der Waals surface area contributed by atoms with Gasteiger partial charge in [0, 0.05) is 5.02 Å². The fraction of sp³-hybridized carbons (Fsp3) is 0.429. The quantitative estimate of drug-likeness (QED) is 0.754. The first-order valence-electron chi connectivity index (χ1n) is 6.16. The van der Waals surface area contributed by atoms with Crippen molar-refractivity contribution in [3.8, 4) is 0 Å². The van der Waals surface area contributed by atoms with Crippen molar-refractivity contribution in [1.29, 1.82) is 0 Å². The zero-order valence-corrected chi connectivity index (χ0v) is 11.8. The predicted octanol–water partition coefficient (Wildman–Crippen LogP) is 2.94. The van der Waals surface area contributed by atoms with Gasteiger partial charge in [0.1, 0.15) is 0 Å². The predicted molar refractivity (Wildman–Crippen MR) is 72.1 cm³/mol. The van der Waals surface area contributed by atoms with Crippen LogP contribution in [0.3, 0.4) is 0 Å². The lowest BCUT2D eigenvalue weighted by Crippen LogP contribution is -2.20. The summed E-state index contributed by atoms with van der Waals surface area (Å²) < 4.78 is 9.86. The van der Waals surface area contributed by atoms with Crippen LogP contribution in [0.25, 0.3) is 0 Å². The van der Waals surface area contributed by atoms with Gasteiger partial charge in [0.15, 0.2) is 0 Å². The van der Waals surface area contributed by atoms with Crippen molar-refractivity contribution in [2.45, 2.75) is 26.2 Å². The van der Waals surface area contributed by atoms with Crippen molar-refractivity contribution in [2.24, 2.45) is 0 Å². The van der Waals surface area contributed by atoms with Crippen molar-refractivity contribution >= 4 is 23.5 Å². The van der Waals surface area contributed by atoms with Crippen molar-refractivity contribution in [3.05, 3.63) is 34.9 Å². The third-order valence-corrected chi connectivity index (χ3v) is 2.77. The van der Waals surface area contributed by atoms with E-state index >= 15 is 0 Å². The number of carbonyl (C=O) groups excluding carboxylic acids is 2. The maximum absolute atomic E-state index is 11.9. The van der Waals surface area contributed by atoms with E-state index in [4.69, 9.17) is 21.1 Å². The Kier molecular flexibility index (Phi) is 6.36. The molecule has 0 saturated carbocycles. The van der Waals surface area contributed by atoms with Gasteiger partial charge in [0.25, 0.3) is 0 Å². The van der Waals surface area contributed by atoms with Gasteiger partial charge in [-0.15, -0.1) is 0 Å². The molecule has 0 aliphatic rings. The Morgan fingerprint density at radius 3 is 2.21 bits per heavy atom. The monoisotopic (exact) mass is 284 g/mol. The first-order valence-corrected chi connectivity index (χ1v) is 6.54. The number of carbonyl (C=O) groups is 2. The van der Waals surface area contributed by atoms with Crippen molar-refractivity contribution in [3.63, 3.8) is 0 Å². The molecule has 0 spiro atoms. The molecule has 0 N–H and O–H groups in total. The van der Waals surface area contributed by atoms with Gasteiger partial charge in [0.05, 0.1) is 25.6 Å². The highest BCUT2D eigenvalue weighted by molar-refractivity contribution is 6.30. The standard InChI is InChI=1S/C14H17ClO4/c1-3-18-13(16)9-12(14(17)19-4-2)10-5-7-11(15)8-6-10/h5-8,12H,3-4,9H2,1-2H3/t12-/m1/s1. The normalized spacial score (nSPS) is 11.7. The first kappa shape index (κ1) is 15.5. The Hall–Kier alpha value is -1.55.